The molecule has 0 fully saturated rings. The molecular formula is C26H20F3N5O2. The van der Waals surface area contributed by atoms with Crippen molar-refractivity contribution in [2.75, 3.05) is 30.8 Å². The Morgan fingerprint density at radius 2 is 1.75 bits per heavy atom. The standard InChI is InChI=1S/C26H20F3N5O2/c1-36-25(35)18-9-10-22(33-14-18)32-12-11-31-21-15-34-24-19(17-7-5-16(13-30)6-8-17)3-2-4-20(24)23(21)26(27,28)29/h2-10,14-15,31H,11-12H2,1H3,(H,32,33). The molecule has 0 aliphatic rings. The number of para-hydroxylation sites is 1. The number of rotatable bonds is 7. The normalized spacial score (nSPS) is 11.1. The van der Waals surface area contributed by atoms with Crippen molar-refractivity contribution in [3.63, 3.8) is 0 Å². The van der Waals surface area contributed by atoms with Gasteiger partial charge in [0.15, 0.2) is 0 Å². The predicted octanol–water partition coefficient (Wildman–Crippen LogP) is 5.50. The fourth-order valence-electron chi connectivity index (χ4n) is 3.74. The van der Waals surface area contributed by atoms with Crippen molar-refractivity contribution in [1.29, 1.82) is 5.26 Å². The van der Waals surface area contributed by atoms with E-state index in [0.717, 1.165) is 0 Å². The van der Waals surface area contributed by atoms with E-state index >= 15 is 0 Å². The van der Waals surface area contributed by atoms with Gasteiger partial charge >= 0.3 is 12.1 Å². The number of fused-ring (bicyclic) bond motifs is 1. The molecule has 0 bridgehead atoms. The Bertz CT molecular complexity index is 1430. The van der Waals surface area contributed by atoms with Crippen molar-refractivity contribution < 1.29 is 22.7 Å². The van der Waals surface area contributed by atoms with E-state index < -0.39 is 17.7 Å². The van der Waals surface area contributed by atoms with E-state index in [4.69, 9.17) is 5.26 Å². The Morgan fingerprint density at radius 3 is 2.39 bits per heavy atom. The Balaban J connectivity index is 1.56. The number of nitrogens with zero attached hydrogens (tertiary/aromatic N) is 3. The maximum absolute atomic E-state index is 14.2. The van der Waals surface area contributed by atoms with Crippen molar-refractivity contribution in [1.82, 2.24) is 9.97 Å². The van der Waals surface area contributed by atoms with Gasteiger partial charge in [-0.15, -0.1) is 0 Å². The maximum Gasteiger partial charge on any atom is 0.419 e. The second-order valence-corrected chi connectivity index (χ2v) is 7.71. The third kappa shape index (κ3) is 5.20. The Hall–Kier alpha value is -4.65. The third-order valence-electron chi connectivity index (χ3n) is 5.44. The minimum Gasteiger partial charge on any atom is -0.465 e. The summed E-state index contributed by atoms with van der Waals surface area (Å²) in [6.45, 7) is 0.428. The van der Waals surface area contributed by atoms with Crippen LogP contribution in [0.4, 0.5) is 24.7 Å². The topological polar surface area (TPSA) is 99.9 Å². The van der Waals surface area contributed by atoms with Crippen LogP contribution in [0.1, 0.15) is 21.5 Å². The van der Waals surface area contributed by atoms with Gasteiger partial charge in [0.25, 0.3) is 0 Å². The van der Waals surface area contributed by atoms with Gasteiger partial charge in [-0.2, -0.15) is 18.4 Å². The van der Waals surface area contributed by atoms with Gasteiger partial charge < -0.3 is 15.4 Å². The van der Waals surface area contributed by atoms with Gasteiger partial charge in [-0.25, -0.2) is 9.78 Å². The molecule has 0 radical (unpaired) electrons. The number of hydrogen-bond acceptors (Lipinski definition) is 7. The highest BCUT2D eigenvalue weighted by molar-refractivity contribution is 5.97. The van der Waals surface area contributed by atoms with Gasteiger partial charge in [0.2, 0.25) is 0 Å². The van der Waals surface area contributed by atoms with Crippen LogP contribution >= 0.6 is 0 Å². The number of nitriles is 1. The van der Waals surface area contributed by atoms with Crippen molar-refractivity contribution in [3.8, 4) is 17.2 Å². The highest BCUT2D eigenvalue weighted by atomic mass is 19.4. The maximum atomic E-state index is 14.2. The fourth-order valence-corrected chi connectivity index (χ4v) is 3.74. The molecule has 0 atom stereocenters. The Morgan fingerprint density at radius 1 is 1.00 bits per heavy atom. The lowest BCUT2D eigenvalue weighted by Crippen LogP contribution is -2.18. The molecule has 2 N–H and O–H groups in total. The van der Waals surface area contributed by atoms with Crippen LogP contribution in [0.2, 0.25) is 0 Å². The lowest BCUT2D eigenvalue weighted by atomic mass is 9.98. The fraction of sp³-hybridized carbons (Fsp3) is 0.154. The number of carbonyl (C=O) groups is 1. The Labute approximate surface area is 204 Å². The number of benzene rings is 2. The molecule has 2 aromatic carbocycles. The largest absolute Gasteiger partial charge is 0.465 e. The first-order valence-electron chi connectivity index (χ1n) is 10.8. The molecule has 2 heterocycles. The molecule has 0 aliphatic carbocycles. The zero-order valence-corrected chi connectivity index (χ0v) is 19.1. The molecule has 0 aliphatic heterocycles. The van der Waals surface area contributed by atoms with E-state index in [9.17, 15) is 18.0 Å². The van der Waals surface area contributed by atoms with E-state index in [2.05, 4.69) is 25.3 Å². The van der Waals surface area contributed by atoms with Crippen molar-refractivity contribution in [3.05, 3.63) is 83.7 Å². The van der Waals surface area contributed by atoms with Gasteiger partial charge in [-0.1, -0.05) is 30.3 Å². The quantitative estimate of drug-likeness (QED) is 0.260. The molecule has 2 aromatic heterocycles. The minimum atomic E-state index is -4.62. The number of anilines is 2. The SMILES string of the molecule is COC(=O)c1ccc(NCCNc2cnc3c(-c4ccc(C#N)cc4)cccc3c2C(F)(F)F)nc1. The second kappa shape index (κ2) is 10.3. The lowest BCUT2D eigenvalue weighted by Gasteiger charge is -2.18. The van der Waals surface area contributed by atoms with E-state index in [-0.39, 0.29) is 29.7 Å². The molecule has 0 saturated carbocycles. The molecule has 4 rings (SSSR count). The number of carbonyl (C=O) groups excluding carboxylic acids is 1. The molecule has 182 valence electrons. The Kier molecular flexibility index (Phi) is 7.01. The van der Waals surface area contributed by atoms with E-state index in [1.54, 1.807) is 42.5 Å². The number of hydrogen-bond donors (Lipinski definition) is 2. The van der Waals surface area contributed by atoms with E-state index in [1.807, 2.05) is 6.07 Å². The summed E-state index contributed by atoms with van der Waals surface area (Å²) in [4.78, 5) is 19.9. The number of nitrogens with one attached hydrogen (secondary N) is 2. The summed E-state index contributed by atoms with van der Waals surface area (Å²) >= 11 is 0. The highest BCUT2D eigenvalue weighted by Gasteiger charge is 2.36. The van der Waals surface area contributed by atoms with E-state index in [1.165, 1.54) is 31.6 Å². The molecule has 36 heavy (non-hydrogen) atoms. The van der Waals surface area contributed by atoms with Gasteiger partial charge in [-0.3, -0.25) is 4.98 Å². The molecule has 0 spiro atoms. The number of esters is 1. The average molecular weight is 491 g/mol. The van der Waals surface area contributed by atoms with Crippen LogP contribution in [0, 0.1) is 11.3 Å². The van der Waals surface area contributed by atoms with Crippen LogP contribution in [0.3, 0.4) is 0 Å². The summed E-state index contributed by atoms with van der Waals surface area (Å²) in [5.41, 5.74) is 1.23. The first-order chi connectivity index (χ1) is 17.3. The minimum absolute atomic E-state index is 0.0256. The number of alkyl halides is 3. The monoisotopic (exact) mass is 491 g/mol. The number of ether oxygens (including phenoxy) is 1. The summed E-state index contributed by atoms with van der Waals surface area (Å²) in [7, 11) is 1.27. The number of pyridine rings is 2. The van der Waals surface area contributed by atoms with Crippen molar-refractivity contribution in [2.45, 2.75) is 6.18 Å². The lowest BCUT2D eigenvalue weighted by molar-refractivity contribution is -0.135. The highest BCUT2D eigenvalue weighted by Crippen LogP contribution is 2.41. The van der Waals surface area contributed by atoms with Crippen LogP contribution in [0.25, 0.3) is 22.0 Å². The third-order valence-corrected chi connectivity index (χ3v) is 5.44. The molecule has 0 saturated heterocycles. The summed E-state index contributed by atoms with van der Waals surface area (Å²) in [6.07, 6.45) is -2.09. The molecular weight excluding hydrogens is 471 g/mol. The number of aromatic nitrogens is 2. The first-order valence-corrected chi connectivity index (χ1v) is 10.8. The van der Waals surface area contributed by atoms with Gasteiger partial charge in [-0.05, 0) is 29.8 Å². The van der Waals surface area contributed by atoms with Crippen molar-refractivity contribution >= 4 is 28.4 Å². The van der Waals surface area contributed by atoms with Crippen LogP contribution in [0.15, 0.2) is 67.0 Å². The molecule has 0 unspecified atom stereocenters. The number of methoxy groups -OCH3 is 1. The molecule has 10 heteroatoms. The summed E-state index contributed by atoms with van der Waals surface area (Å²) < 4.78 is 47.1. The number of halogens is 3. The first kappa shape index (κ1) is 24.5. The molecule has 0 amide bonds. The van der Waals surface area contributed by atoms with Crippen LogP contribution in [-0.4, -0.2) is 36.1 Å². The van der Waals surface area contributed by atoms with Gasteiger partial charge in [0, 0.05) is 30.2 Å². The summed E-state index contributed by atoms with van der Waals surface area (Å²) in [5.74, 6) is -0.0502. The van der Waals surface area contributed by atoms with Crippen LogP contribution < -0.4 is 10.6 Å². The van der Waals surface area contributed by atoms with Crippen molar-refractivity contribution in [2.24, 2.45) is 0 Å². The second-order valence-electron chi connectivity index (χ2n) is 7.71. The van der Waals surface area contributed by atoms with Crippen LogP contribution in [-0.2, 0) is 10.9 Å². The summed E-state index contributed by atoms with van der Waals surface area (Å²) in [5, 5.41) is 14.8. The summed E-state index contributed by atoms with van der Waals surface area (Å²) in [6, 6.07) is 16.4. The smallest absolute Gasteiger partial charge is 0.419 e. The zero-order chi connectivity index (χ0) is 25.7. The van der Waals surface area contributed by atoms with E-state index in [0.29, 0.717) is 28.1 Å². The average Bonchev–Trinajstić information content (AvgIpc) is 2.89. The van der Waals surface area contributed by atoms with Crippen LogP contribution in [0.5, 0.6) is 0 Å². The predicted molar refractivity (Wildman–Crippen MR) is 129 cm³/mol. The van der Waals surface area contributed by atoms with Gasteiger partial charge in [0.1, 0.15) is 5.82 Å². The molecule has 4 aromatic rings. The van der Waals surface area contributed by atoms with Gasteiger partial charge in [0.05, 0.1) is 47.3 Å². The zero-order valence-electron chi connectivity index (χ0n) is 19.1. The molecule has 7 nitrogen and oxygen atoms in total.